The Morgan fingerprint density at radius 3 is 2.55 bits per heavy atom. The number of benzene rings is 2. The fourth-order valence-corrected chi connectivity index (χ4v) is 5.75. The maximum Gasteiger partial charge on any atom is 0.355 e. The van der Waals surface area contributed by atoms with Gasteiger partial charge in [-0.15, -0.1) is 0 Å². The fourth-order valence-electron chi connectivity index (χ4n) is 5.50. The number of carbonyl (C=O) groups excluding carboxylic acids is 1. The quantitative estimate of drug-likeness (QED) is 0.297. The highest BCUT2D eigenvalue weighted by Gasteiger charge is 2.30. The van der Waals surface area contributed by atoms with E-state index in [2.05, 4.69) is 11.6 Å². The fraction of sp³-hybridized carbons (Fsp3) is 0.290. The molecule has 11 heteroatoms. The van der Waals surface area contributed by atoms with Crippen LogP contribution in [0.3, 0.4) is 0 Å². The number of carbonyl (C=O) groups is 1. The number of nitrogens with zero attached hydrogens (tertiary/aromatic N) is 5. The second-order valence-corrected chi connectivity index (χ2v) is 11.1. The molecule has 5 rings (SSSR count). The predicted octanol–water partition coefficient (Wildman–Crippen LogP) is 5.74. The zero-order valence-corrected chi connectivity index (χ0v) is 24.4. The first-order valence-electron chi connectivity index (χ1n) is 13.5. The largest absolute Gasteiger partial charge is 0.507 e. The number of phenols is 1. The van der Waals surface area contributed by atoms with E-state index in [9.17, 15) is 23.5 Å². The number of halogens is 3. The Hall–Kier alpha value is -4.31. The molecule has 1 atom stereocenters. The number of hydrogen-bond acceptors (Lipinski definition) is 6. The number of aryl methyl sites for hydroxylation is 1. The van der Waals surface area contributed by atoms with Crippen molar-refractivity contribution in [3.8, 4) is 22.7 Å². The van der Waals surface area contributed by atoms with Gasteiger partial charge in [-0.2, -0.15) is 4.98 Å². The summed E-state index contributed by atoms with van der Waals surface area (Å²) in [4.78, 5) is 39.1. The van der Waals surface area contributed by atoms with Gasteiger partial charge in [-0.1, -0.05) is 50.2 Å². The molecular formula is C31H30ClF2N5O3. The number of pyridine rings is 1. The number of fused-ring (bicyclic) bond motifs is 1. The lowest BCUT2D eigenvalue weighted by molar-refractivity contribution is -0.126. The summed E-state index contributed by atoms with van der Waals surface area (Å²) in [5, 5.41) is 11.0. The van der Waals surface area contributed by atoms with Crippen molar-refractivity contribution in [1.82, 2.24) is 19.4 Å². The average Bonchev–Trinajstić information content (AvgIpc) is 2.94. The van der Waals surface area contributed by atoms with Crippen molar-refractivity contribution < 1.29 is 18.7 Å². The highest BCUT2D eigenvalue weighted by atomic mass is 35.5. The van der Waals surface area contributed by atoms with E-state index < -0.39 is 23.1 Å². The van der Waals surface area contributed by atoms with Crippen LogP contribution in [0.2, 0.25) is 5.02 Å². The molecule has 0 radical (unpaired) electrons. The number of amides is 1. The van der Waals surface area contributed by atoms with E-state index in [1.54, 1.807) is 11.0 Å². The molecule has 0 saturated carbocycles. The van der Waals surface area contributed by atoms with E-state index in [-0.39, 0.29) is 39.8 Å². The van der Waals surface area contributed by atoms with E-state index in [1.807, 2.05) is 50.8 Å². The van der Waals surface area contributed by atoms with Gasteiger partial charge in [0.25, 0.3) is 0 Å². The lowest BCUT2D eigenvalue weighted by atomic mass is 9.98. The highest BCUT2D eigenvalue weighted by Crippen LogP contribution is 2.39. The smallest absolute Gasteiger partial charge is 0.355 e. The second-order valence-electron chi connectivity index (χ2n) is 10.7. The molecule has 0 unspecified atom stereocenters. The Kier molecular flexibility index (Phi) is 7.76. The molecule has 3 heterocycles. The summed E-state index contributed by atoms with van der Waals surface area (Å²) in [6.07, 6.45) is 1.27. The van der Waals surface area contributed by atoms with Crippen molar-refractivity contribution in [2.75, 3.05) is 24.5 Å². The van der Waals surface area contributed by atoms with Gasteiger partial charge in [0, 0.05) is 37.3 Å². The van der Waals surface area contributed by atoms with E-state index in [4.69, 9.17) is 16.6 Å². The molecule has 1 aliphatic heterocycles. The molecule has 0 aliphatic carbocycles. The standard InChI is InChI=1S/C31H30ClF2N5O3/c1-6-26(41)37-10-11-38(18(5)15-37)29-21-12-22(32)27(20-13-23(33)24(34)14-25(20)40)35-30(21)39(31(42)36-29)28-17(4)8-7-9-19(28)16(2)3/h6-9,12-14,16,18,40H,1,10-11,15H2,2-5H3/t18-/m0/s1. The van der Waals surface area contributed by atoms with E-state index in [0.717, 1.165) is 17.2 Å². The van der Waals surface area contributed by atoms with Gasteiger partial charge in [0.15, 0.2) is 17.3 Å². The van der Waals surface area contributed by atoms with E-state index in [0.29, 0.717) is 42.6 Å². The second kappa shape index (κ2) is 11.2. The molecule has 4 aromatic rings. The molecule has 1 aliphatic rings. The number of anilines is 1. The van der Waals surface area contributed by atoms with Gasteiger partial charge < -0.3 is 14.9 Å². The highest BCUT2D eigenvalue weighted by molar-refractivity contribution is 6.34. The van der Waals surface area contributed by atoms with Crippen LogP contribution in [0.5, 0.6) is 5.75 Å². The first kappa shape index (κ1) is 29.2. The van der Waals surface area contributed by atoms with Gasteiger partial charge in [-0.25, -0.2) is 23.1 Å². The molecular weight excluding hydrogens is 564 g/mol. The first-order valence-corrected chi connectivity index (χ1v) is 13.9. The molecule has 2 aromatic heterocycles. The third kappa shape index (κ3) is 5.00. The summed E-state index contributed by atoms with van der Waals surface area (Å²) < 4.78 is 29.5. The number of phenolic OH excluding ortho intramolecular Hbond substituents is 1. The van der Waals surface area contributed by atoms with Gasteiger partial charge in [-0.05, 0) is 49.1 Å². The third-order valence-electron chi connectivity index (χ3n) is 7.60. The van der Waals surface area contributed by atoms with Crippen LogP contribution in [-0.2, 0) is 4.79 Å². The number of aromatic nitrogens is 3. The first-order chi connectivity index (χ1) is 19.9. The van der Waals surface area contributed by atoms with Crippen LogP contribution < -0.4 is 10.6 Å². The average molecular weight is 594 g/mol. The van der Waals surface area contributed by atoms with E-state index >= 15 is 0 Å². The van der Waals surface area contributed by atoms with Crippen molar-refractivity contribution >= 4 is 34.4 Å². The van der Waals surface area contributed by atoms with Gasteiger partial charge in [0.05, 0.1) is 21.8 Å². The Labute approximate surface area is 246 Å². The van der Waals surface area contributed by atoms with Gasteiger partial charge >= 0.3 is 5.69 Å². The van der Waals surface area contributed by atoms with Crippen molar-refractivity contribution in [2.24, 2.45) is 0 Å². The Morgan fingerprint density at radius 1 is 1.17 bits per heavy atom. The summed E-state index contributed by atoms with van der Waals surface area (Å²) in [7, 11) is 0. The van der Waals surface area contributed by atoms with Gasteiger partial charge in [-0.3, -0.25) is 4.79 Å². The molecule has 42 heavy (non-hydrogen) atoms. The minimum Gasteiger partial charge on any atom is -0.507 e. The predicted molar refractivity (Wildman–Crippen MR) is 160 cm³/mol. The maximum atomic E-state index is 14.3. The molecule has 2 aromatic carbocycles. The van der Waals surface area contributed by atoms with Crippen LogP contribution in [0, 0.1) is 18.6 Å². The molecule has 1 fully saturated rings. The van der Waals surface area contributed by atoms with Crippen LogP contribution >= 0.6 is 11.6 Å². The maximum absolute atomic E-state index is 14.3. The Morgan fingerprint density at radius 2 is 1.88 bits per heavy atom. The van der Waals surface area contributed by atoms with Crippen LogP contribution in [0.25, 0.3) is 28.0 Å². The summed E-state index contributed by atoms with van der Waals surface area (Å²) in [6, 6.07) is 8.54. The molecule has 0 spiro atoms. The van der Waals surface area contributed by atoms with Crippen LogP contribution in [-0.4, -0.2) is 56.1 Å². The molecule has 0 bridgehead atoms. The minimum absolute atomic E-state index is 0.0278. The van der Waals surface area contributed by atoms with Crippen molar-refractivity contribution in [1.29, 1.82) is 0 Å². The van der Waals surface area contributed by atoms with Crippen molar-refractivity contribution in [3.05, 3.63) is 87.3 Å². The lowest BCUT2D eigenvalue weighted by Gasteiger charge is -2.40. The van der Waals surface area contributed by atoms with E-state index in [1.165, 1.54) is 10.6 Å². The third-order valence-corrected chi connectivity index (χ3v) is 7.88. The van der Waals surface area contributed by atoms with Gasteiger partial charge in [0.2, 0.25) is 5.91 Å². The van der Waals surface area contributed by atoms with Crippen LogP contribution in [0.15, 0.2) is 53.8 Å². The summed E-state index contributed by atoms with van der Waals surface area (Å²) >= 11 is 6.70. The van der Waals surface area contributed by atoms with Crippen molar-refractivity contribution in [2.45, 2.75) is 39.7 Å². The molecule has 1 saturated heterocycles. The summed E-state index contributed by atoms with van der Waals surface area (Å²) in [5.74, 6) is -2.77. The Balaban J connectivity index is 1.83. The minimum atomic E-state index is -1.22. The summed E-state index contributed by atoms with van der Waals surface area (Å²) in [5.41, 5.74) is 1.72. The SMILES string of the molecule is C=CC(=O)N1CCN(c2nc(=O)n(-c3c(C)cccc3C(C)C)c3nc(-c4cc(F)c(F)cc4O)c(Cl)cc23)[C@@H](C)C1. The van der Waals surface area contributed by atoms with Crippen LogP contribution in [0.4, 0.5) is 14.6 Å². The van der Waals surface area contributed by atoms with Crippen LogP contribution in [0.1, 0.15) is 37.8 Å². The molecule has 1 N–H and O–H groups in total. The Bertz CT molecular complexity index is 1810. The number of rotatable bonds is 5. The zero-order valence-electron chi connectivity index (χ0n) is 23.7. The lowest BCUT2D eigenvalue weighted by Crippen LogP contribution is -2.54. The molecule has 8 nitrogen and oxygen atoms in total. The normalized spacial score (nSPS) is 15.5. The monoisotopic (exact) mass is 593 g/mol. The topological polar surface area (TPSA) is 91.6 Å². The number of piperazine rings is 1. The molecule has 1 amide bonds. The van der Waals surface area contributed by atoms with Crippen molar-refractivity contribution in [3.63, 3.8) is 0 Å². The number of aromatic hydroxyl groups is 1. The zero-order chi connectivity index (χ0) is 30.5. The number of hydrogen-bond donors (Lipinski definition) is 1. The molecule has 218 valence electrons. The van der Waals surface area contributed by atoms with Gasteiger partial charge in [0.1, 0.15) is 11.6 Å². The summed E-state index contributed by atoms with van der Waals surface area (Å²) in [6.45, 7) is 12.5. The number of para-hydroxylation sites is 1.